The van der Waals surface area contributed by atoms with Gasteiger partial charge in [0.15, 0.2) is 0 Å². The van der Waals surface area contributed by atoms with Crippen LogP contribution in [0.3, 0.4) is 0 Å². The van der Waals surface area contributed by atoms with Gasteiger partial charge in [-0.2, -0.15) is 5.10 Å². The van der Waals surface area contributed by atoms with E-state index in [1.165, 1.54) is 17.7 Å². The van der Waals surface area contributed by atoms with E-state index in [-0.39, 0.29) is 18.3 Å². The van der Waals surface area contributed by atoms with Gasteiger partial charge in [-0.15, -0.1) is 0 Å². The molecule has 0 saturated carbocycles. The topological polar surface area (TPSA) is 58.4 Å². The Morgan fingerprint density at radius 3 is 2.50 bits per heavy atom. The quantitative estimate of drug-likeness (QED) is 0.357. The molecule has 6 heteroatoms. The number of amides is 1. The summed E-state index contributed by atoms with van der Waals surface area (Å²) in [6.07, 6.45) is 3.68. The monoisotopic (exact) mass is 400 g/mol. The van der Waals surface area contributed by atoms with Crippen LogP contribution in [-0.4, -0.2) is 23.2 Å². The maximum absolute atomic E-state index is 12.9. The highest BCUT2D eigenvalue weighted by molar-refractivity contribution is 5.99. The molecule has 0 aliphatic heterocycles. The van der Waals surface area contributed by atoms with Gasteiger partial charge in [-0.25, -0.2) is 9.82 Å². The van der Waals surface area contributed by atoms with Crippen molar-refractivity contribution in [1.82, 2.24) is 9.99 Å². The van der Waals surface area contributed by atoms with Crippen LogP contribution in [0.4, 0.5) is 10.1 Å². The second kappa shape index (κ2) is 9.05. The first kappa shape index (κ1) is 19.4. The summed E-state index contributed by atoms with van der Waals surface area (Å²) in [5.41, 5.74) is 6.43. The van der Waals surface area contributed by atoms with E-state index >= 15 is 0 Å². The molecule has 3 aromatic carbocycles. The highest BCUT2D eigenvalue weighted by atomic mass is 19.1. The summed E-state index contributed by atoms with van der Waals surface area (Å²) in [5, 5.41) is 8.09. The van der Waals surface area contributed by atoms with Gasteiger partial charge in [-0.05, 0) is 35.9 Å². The lowest BCUT2D eigenvalue weighted by molar-refractivity contribution is -0.119. The van der Waals surface area contributed by atoms with E-state index in [1.54, 1.807) is 18.3 Å². The molecule has 4 aromatic rings. The number of para-hydroxylation sites is 1. The smallest absolute Gasteiger partial charge is 0.259 e. The number of hydrogen-bond acceptors (Lipinski definition) is 3. The number of aromatic nitrogens is 1. The summed E-state index contributed by atoms with van der Waals surface area (Å²) in [6, 6.07) is 24.2. The molecule has 0 atom stereocenters. The number of hydrogen-bond donors (Lipinski definition) is 2. The molecule has 5 nitrogen and oxygen atoms in total. The van der Waals surface area contributed by atoms with Crippen LogP contribution in [0, 0.1) is 5.82 Å². The van der Waals surface area contributed by atoms with E-state index in [4.69, 9.17) is 0 Å². The number of hydrazone groups is 1. The zero-order chi connectivity index (χ0) is 20.8. The van der Waals surface area contributed by atoms with Gasteiger partial charge in [0, 0.05) is 34.9 Å². The molecule has 1 aromatic heterocycles. The third-order valence-electron chi connectivity index (χ3n) is 4.71. The molecule has 1 amide bonds. The molecule has 150 valence electrons. The zero-order valence-corrected chi connectivity index (χ0v) is 16.3. The number of carbonyl (C=O) groups excluding carboxylic acids is 1. The second-order valence-electron chi connectivity index (χ2n) is 6.87. The van der Waals surface area contributed by atoms with Crippen LogP contribution >= 0.6 is 0 Å². The minimum absolute atomic E-state index is 0.0404. The van der Waals surface area contributed by atoms with E-state index < -0.39 is 0 Å². The Bertz CT molecular complexity index is 1170. The average Bonchev–Trinajstić information content (AvgIpc) is 3.12. The molecule has 0 fully saturated rings. The molecule has 1 heterocycles. The van der Waals surface area contributed by atoms with Crippen LogP contribution in [0.15, 0.2) is 90.2 Å². The van der Waals surface area contributed by atoms with Gasteiger partial charge >= 0.3 is 0 Å². The number of halogens is 1. The summed E-state index contributed by atoms with van der Waals surface area (Å²) < 4.78 is 15.1. The van der Waals surface area contributed by atoms with Crippen molar-refractivity contribution in [3.05, 3.63) is 102 Å². The third-order valence-corrected chi connectivity index (χ3v) is 4.71. The molecule has 4 rings (SSSR count). The first-order valence-corrected chi connectivity index (χ1v) is 9.62. The van der Waals surface area contributed by atoms with Crippen molar-refractivity contribution in [3.63, 3.8) is 0 Å². The Kier molecular flexibility index (Phi) is 5.85. The van der Waals surface area contributed by atoms with Crippen LogP contribution in [0.2, 0.25) is 0 Å². The molecule has 0 saturated heterocycles. The molecule has 0 spiro atoms. The first-order chi connectivity index (χ1) is 14.7. The Morgan fingerprint density at radius 2 is 1.70 bits per heavy atom. The van der Waals surface area contributed by atoms with Crippen molar-refractivity contribution in [2.75, 3.05) is 11.9 Å². The molecule has 0 radical (unpaired) electrons. The van der Waals surface area contributed by atoms with Gasteiger partial charge in [0.25, 0.3) is 5.91 Å². The summed E-state index contributed by atoms with van der Waals surface area (Å²) >= 11 is 0. The summed E-state index contributed by atoms with van der Waals surface area (Å²) in [4.78, 5) is 12.0. The van der Waals surface area contributed by atoms with Gasteiger partial charge in [-0.1, -0.05) is 48.5 Å². The predicted octanol–water partition coefficient (Wildman–Crippen LogP) is 4.39. The van der Waals surface area contributed by atoms with Crippen molar-refractivity contribution in [2.24, 2.45) is 5.10 Å². The summed E-state index contributed by atoms with van der Waals surface area (Å²) in [5.74, 6) is -0.607. The SMILES string of the molecule is O=C(CNc1ccc(F)cc1)N/N=C\c1cn(Cc2ccccc2)c2ccccc12. The Morgan fingerprint density at radius 1 is 0.967 bits per heavy atom. The second-order valence-corrected chi connectivity index (χ2v) is 6.87. The minimum atomic E-state index is -0.318. The normalized spacial score (nSPS) is 11.1. The molecule has 30 heavy (non-hydrogen) atoms. The molecular weight excluding hydrogens is 379 g/mol. The fourth-order valence-corrected chi connectivity index (χ4v) is 3.25. The number of benzene rings is 3. The number of nitrogens with one attached hydrogen (secondary N) is 2. The average molecular weight is 400 g/mol. The lowest BCUT2D eigenvalue weighted by atomic mass is 10.2. The number of fused-ring (bicyclic) bond motifs is 1. The zero-order valence-electron chi connectivity index (χ0n) is 16.3. The van der Waals surface area contributed by atoms with E-state index in [0.717, 1.165) is 23.0 Å². The van der Waals surface area contributed by atoms with Crippen molar-refractivity contribution in [1.29, 1.82) is 0 Å². The number of anilines is 1. The number of carbonyl (C=O) groups is 1. The Hall–Kier alpha value is -3.93. The van der Waals surface area contributed by atoms with Crippen LogP contribution in [-0.2, 0) is 11.3 Å². The van der Waals surface area contributed by atoms with E-state index in [9.17, 15) is 9.18 Å². The maximum atomic E-state index is 12.9. The predicted molar refractivity (Wildman–Crippen MR) is 118 cm³/mol. The molecule has 0 aliphatic carbocycles. The standard InChI is InChI=1S/C24H21FN4O/c25-20-10-12-21(13-11-20)26-15-24(30)28-27-14-19-17-29(16-18-6-2-1-3-7-18)23-9-5-4-8-22(19)23/h1-14,17,26H,15-16H2,(H,28,30)/b27-14-. The van der Waals surface area contributed by atoms with E-state index in [0.29, 0.717) is 5.69 Å². The highest BCUT2D eigenvalue weighted by Crippen LogP contribution is 2.21. The summed E-state index contributed by atoms with van der Waals surface area (Å²) in [6.45, 7) is 0.794. The lowest BCUT2D eigenvalue weighted by Gasteiger charge is -2.05. The van der Waals surface area contributed by atoms with Crippen LogP contribution < -0.4 is 10.7 Å². The minimum Gasteiger partial charge on any atom is -0.376 e. The third kappa shape index (κ3) is 4.72. The fourth-order valence-electron chi connectivity index (χ4n) is 3.25. The van der Waals surface area contributed by atoms with Crippen molar-refractivity contribution in [2.45, 2.75) is 6.54 Å². The van der Waals surface area contributed by atoms with E-state index in [1.807, 2.05) is 42.6 Å². The Labute approximate surface area is 173 Å². The Balaban J connectivity index is 1.42. The molecule has 0 aliphatic rings. The van der Waals surface area contributed by atoms with Crippen LogP contribution in [0.1, 0.15) is 11.1 Å². The molecular formula is C24H21FN4O. The molecule has 0 unspecified atom stereocenters. The van der Waals surface area contributed by atoms with Gasteiger partial charge in [-0.3, -0.25) is 4.79 Å². The van der Waals surface area contributed by atoms with Crippen molar-refractivity contribution >= 4 is 28.7 Å². The fraction of sp³-hybridized carbons (Fsp3) is 0.0833. The van der Waals surface area contributed by atoms with Gasteiger partial charge in [0.05, 0.1) is 12.8 Å². The lowest BCUT2D eigenvalue weighted by Crippen LogP contribution is -2.25. The maximum Gasteiger partial charge on any atom is 0.259 e. The number of rotatable bonds is 7. The van der Waals surface area contributed by atoms with Gasteiger partial charge in [0.2, 0.25) is 0 Å². The van der Waals surface area contributed by atoms with Gasteiger partial charge in [0.1, 0.15) is 5.82 Å². The van der Waals surface area contributed by atoms with Crippen LogP contribution in [0.25, 0.3) is 10.9 Å². The summed E-state index contributed by atoms with van der Waals surface area (Å²) in [7, 11) is 0. The van der Waals surface area contributed by atoms with Crippen LogP contribution in [0.5, 0.6) is 0 Å². The van der Waals surface area contributed by atoms with Gasteiger partial charge < -0.3 is 9.88 Å². The first-order valence-electron chi connectivity index (χ1n) is 9.62. The van der Waals surface area contributed by atoms with E-state index in [2.05, 4.69) is 38.6 Å². The largest absolute Gasteiger partial charge is 0.376 e. The molecule has 0 bridgehead atoms. The van der Waals surface area contributed by atoms with Crippen molar-refractivity contribution in [3.8, 4) is 0 Å². The number of nitrogens with zero attached hydrogens (tertiary/aromatic N) is 2. The molecule has 2 N–H and O–H groups in total. The van der Waals surface area contributed by atoms with Crippen molar-refractivity contribution < 1.29 is 9.18 Å². The highest BCUT2D eigenvalue weighted by Gasteiger charge is 2.07.